The highest BCUT2D eigenvalue weighted by atomic mass is 16.6. The maximum atomic E-state index is 14.2. The van der Waals surface area contributed by atoms with E-state index in [-0.39, 0.29) is 30.9 Å². The lowest BCUT2D eigenvalue weighted by molar-refractivity contribution is -0.163. The minimum atomic E-state index is -1.22. The number of aliphatic carboxylic acids is 1. The largest absolute Gasteiger partial charge is 0.481 e. The summed E-state index contributed by atoms with van der Waals surface area (Å²) in [6.07, 6.45) is 23.3. The molecule has 0 radical (unpaired) electrons. The highest BCUT2D eigenvalue weighted by molar-refractivity contribution is 6.02. The molecule has 0 aromatic rings. The average Bonchev–Trinajstić information content (AvgIpc) is 0.809. The number of carbonyl (C=O) groups is 4. The fourth-order valence-corrected chi connectivity index (χ4v) is 10.7. The molecule has 0 rings (SSSR count). The van der Waals surface area contributed by atoms with E-state index in [0.29, 0.717) is 350 Å². The van der Waals surface area contributed by atoms with E-state index < -0.39 is 11.4 Å². The van der Waals surface area contributed by atoms with Crippen molar-refractivity contribution >= 4 is 23.8 Å². The summed E-state index contributed by atoms with van der Waals surface area (Å²) in [5, 5.41) is 11.6. The Morgan fingerprint density at radius 2 is 0.414 bits per heavy atom. The maximum Gasteiger partial charge on any atom is 0.321 e. The Hall–Kier alpha value is -3.08. The molecule has 0 aromatic carbocycles. The minimum Gasteiger partial charge on any atom is -0.481 e. The van der Waals surface area contributed by atoms with Crippen LogP contribution in [-0.4, -0.2) is 366 Å². The summed E-state index contributed by atoms with van der Waals surface area (Å²) in [7, 11) is 0. The number of unbranched alkanes of at least 4 members (excludes halogenated alkanes) is 17. The predicted molar refractivity (Wildman–Crippen MR) is 437 cm³/mol. The summed E-state index contributed by atoms with van der Waals surface area (Å²) < 4.78 is 144. The molecule has 116 heavy (non-hydrogen) atoms. The van der Waals surface area contributed by atoms with Crippen molar-refractivity contribution in [3.8, 4) is 0 Å². The normalized spacial score (nSPS) is 12.2. The Morgan fingerprint density at radius 1 is 0.216 bits per heavy atom. The molecule has 0 heterocycles. The van der Waals surface area contributed by atoms with Crippen LogP contribution in [0, 0.1) is 5.41 Å². The lowest BCUT2D eigenvalue weighted by atomic mass is 9.76. The molecule has 0 bridgehead atoms. The Kier molecular flexibility index (Phi) is 96.4. The molecule has 0 spiro atoms. The van der Waals surface area contributed by atoms with Crippen molar-refractivity contribution in [2.45, 2.75) is 181 Å². The third-order valence-corrected chi connectivity index (χ3v) is 17.3. The summed E-state index contributed by atoms with van der Waals surface area (Å²) in [5.74, 6) is -1.61. The maximum absolute atomic E-state index is 14.2. The number of carboxylic acid groups (broad SMARTS) is 1. The molecule has 1 atom stereocenters. The third kappa shape index (κ3) is 88.7. The lowest BCUT2D eigenvalue weighted by Gasteiger charge is -2.31. The zero-order chi connectivity index (χ0) is 83.6. The summed E-state index contributed by atoms with van der Waals surface area (Å²) in [6, 6.07) is 0. The van der Waals surface area contributed by atoms with E-state index in [2.05, 4.69) is 26.1 Å². The van der Waals surface area contributed by atoms with Gasteiger partial charge in [-0.2, -0.15) is 0 Å². The van der Waals surface area contributed by atoms with Crippen molar-refractivity contribution in [1.82, 2.24) is 5.32 Å². The number of esters is 2. The van der Waals surface area contributed by atoms with E-state index in [1.807, 2.05) is 0 Å². The Balaban J connectivity index is 3.59. The summed E-state index contributed by atoms with van der Waals surface area (Å²) in [6.45, 7) is 29.0. The zero-order valence-electron chi connectivity index (χ0n) is 72.4. The molecular weight excluding hydrogens is 1520 g/mol. The number of rotatable bonds is 104. The van der Waals surface area contributed by atoms with E-state index in [9.17, 15) is 19.2 Å². The molecule has 0 saturated carbocycles. The van der Waals surface area contributed by atoms with Gasteiger partial charge in [-0.15, -0.1) is 0 Å². The van der Waals surface area contributed by atoms with Crippen LogP contribution in [0.15, 0.2) is 0 Å². The van der Waals surface area contributed by atoms with E-state index in [0.717, 1.165) is 96.3 Å². The summed E-state index contributed by atoms with van der Waals surface area (Å²) >= 11 is 0. The van der Waals surface area contributed by atoms with Gasteiger partial charge in [-0.3, -0.25) is 19.2 Å². The third-order valence-electron chi connectivity index (χ3n) is 17.3. The minimum absolute atomic E-state index is 0.0127. The molecule has 1 unspecified atom stereocenters. The van der Waals surface area contributed by atoms with Gasteiger partial charge in [-0.05, 0) is 32.1 Å². The van der Waals surface area contributed by atoms with Gasteiger partial charge in [0.15, 0.2) is 0 Å². The molecule has 0 aliphatic rings. The summed E-state index contributed by atoms with van der Waals surface area (Å²) in [4.78, 5) is 50.4. The number of hydrogen-bond acceptors (Lipinski definition) is 30. The molecular formula is C84H163NO31. The van der Waals surface area contributed by atoms with Crippen LogP contribution in [0.4, 0.5) is 0 Å². The van der Waals surface area contributed by atoms with Crippen LogP contribution in [0.5, 0.6) is 0 Å². The highest BCUT2D eigenvalue weighted by Gasteiger charge is 2.46. The van der Waals surface area contributed by atoms with Crippen LogP contribution < -0.4 is 5.32 Å². The fraction of sp³-hybridized carbons (Fsp3) is 0.952. The van der Waals surface area contributed by atoms with Gasteiger partial charge in [0.2, 0.25) is 5.91 Å². The Labute approximate surface area is 697 Å². The van der Waals surface area contributed by atoms with E-state index in [1.54, 1.807) is 0 Å². The molecule has 0 aliphatic heterocycles. The molecule has 1 amide bonds. The van der Waals surface area contributed by atoms with E-state index in [1.165, 1.54) is 38.5 Å². The van der Waals surface area contributed by atoms with Gasteiger partial charge in [0.25, 0.3) is 0 Å². The summed E-state index contributed by atoms with van der Waals surface area (Å²) in [5.41, 5.74) is -1.22. The van der Waals surface area contributed by atoms with Crippen molar-refractivity contribution in [2.75, 3.05) is 337 Å². The topological polar surface area (TPSA) is 341 Å². The number of nitrogens with one attached hydrogen (secondary N) is 1. The molecule has 0 aliphatic carbocycles. The number of amides is 1. The van der Waals surface area contributed by atoms with Crippen molar-refractivity contribution in [3.05, 3.63) is 0 Å². The molecule has 2 N–H and O–H groups in total. The van der Waals surface area contributed by atoms with Crippen molar-refractivity contribution in [2.24, 2.45) is 5.41 Å². The van der Waals surface area contributed by atoms with Crippen LogP contribution >= 0.6 is 0 Å². The highest BCUT2D eigenvalue weighted by Crippen LogP contribution is 2.35. The van der Waals surface area contributed by atoms with Crippen LogP contribution in [0.1, 0.15) is 181 Å². The molecule has 32 nitrogen and oxygen atoms in total. The lowest BCUT2D eigenvalue weighted by Crippen LogP contribution is -2.48. The van der Waals surface area contributed by atoms with Gasteiger partial charge in [0, 0.05) is 13.0 Å². The van der Waals surface area contributed by atoms with Crippen LogP contribution in [-0.2, 0) is 142 Å². The van der Waals surface area contributed by atoms with Crippen LogP contribution in [0.25, 0.3) is 0 Å². The smallest absolute Gasteiger partial charge is 0.321 e. The van der Waals surface area contributed by atoms with Crippen molar-refractivity contribution in [3.63, 3.8) is 0 Å². The number of ether oxygens (including phenoxy) is 26. The molecule has 32 heteroatoms. The monoisotopic (exact) mass is 1680 g/mol. The zero-order valence-corrected chi connectivity index (χ0v) is 72.4. The number of carbonyl (C=O) groups excluding carboxylic acids is 3. The molecule has 690 valence electrons. The number of carboxylic acids is 1. The average molecular weight is 1680 g/mol. The van der Waals surface area contributed by atoms with Crippen molar-refractivity contribution in [1.29, 1.82) is 0 Å². The van der Waals surface area contributed by atoms with Crippen LogP contribution in [0.3, 0.4) is 0 Å². The van der Waals surface area contributed by atoms with Gasteiger partial charge in [0.1, 0.15) is 5.41 Å². The first-order chi connectivity index (χ1) is 57.3. The second-order valence-corrected chi connectivity index (χ2v) is 27.1. The quantitative estimate of drug-likeness (QED) is 0.0325. The molecule has 0 saturated heterocycles. The fourth-order valence-electron chi connectivity index (χ4n) is 10.7. The van der Waals surface area contributed by atoms with Crippen LogP contribution in [0.2, 0.25) is 0 Å². The molecule has 0 aromatic heterocycles. The Morgan fingerprint density at radius 3 is 0.647 bits per heavy atom. The number of hydrogen-bond donors (Lipinski definition) is 2. The molecule has 0 fully saturated rings. The first-order valence-corrected chi connectivity index (χ1v) is 44.0. The van der Waals surface area contributed by atoms with Gasteiger partial charge < -0.3 is 134 Å². The SMILES string of the molecule is CCCCCCCCCCCC(CCCCCCCCCCC(=O)OCCCC)(C(=O)NCCOCCOCCOCCOCCOCCOCCOCCOCCOCCOCCOCCOCCOCCOCCOCCOCCOCCOCCOCCOCCOCCOCCOCCOCCC(=O)O)C(=O)OCCCC. The van der Waals surface area contributed by atoms with Gasteiger partial charge in [-0.1, -0.05) is 136 Å². The van der Waals surface area contributed by atoms with Crippen molar-refractivity contribution < 1.29 is 147 Å². The Bertz CT molecular complexity index is 1970. The van der Waals surface area contributed by atoms with Gasteiger partial charge >= 0.3 is 17.9 Å². The van der Waals surface area contributed by atoms with E-state index >= 15 is 0 Å². The second-order valence-electron chi connectivity index (χ2n) is 27.1. The van der Waals surface area contributed by atoms with E-state index in [4.69, 9.17) is 128 Å². The van der Waals surface area contributed by atoms with Gasteiger partial charge in [-0.25, -0.2) is 0 Å². The van der Waals surface area contributed by atoms with Gasteiger partial charge in [0.05, 0.1) is 337 Å². The first kappa shape index (κ1) is 113. The first-order valence-electron chi connectivity index (χ1n) is 44.0. The second kappa shape index (κ2) is 99.0. The standard InChI is InChI=1S/C84H163NO31/c1-4-7-10-11-12-14-17-20-23-27-84(83(90)116-31-9-6-3,28-24-21-18-15-13-16-19-22-25-81(88)115-30-8-5-2)82(89)85-29-33-92-35-37-94-39-41-96-43-45-98-47-49-100-51-53-102-55-57-104-59-61-106-63-65-108-67-69-110-71-73-112-75-77-114-79-78-113-76-74-111-72-70-109-68-66-107-64-62-105-60-58-103-56-54-101-52-50-99-48-46-97-44-42-95-40-38-93-36-34-91-32-26-80(86)87/h4-79H2,1-3H3,(H,85,89)(H,86,87). The predicted octanol–water partition coefficient (Wildman–Crippen LogP) is 9.47.